The van der Waals surface area contributed by atoms with Crippen molar-refractivity contribution in [1.29, 1.82) is 0 Å². The second-order valence-corrected chi connectivity index (χ2v) is 3.51. The molecule has 0 aliphatic heterocycles. The lowest BCUT2D eigenvalue weighted by molar-refractivity contribution is -0.141. The molecule has 0 aliphatic carbocycles. The summed E-state index contributed by atoms with van der Waals surface area (Å²) in [6, 6.07) is 7.51. The summed E-state index contributed by atoms with van der Waals surface area (Å²) in [4.78, 5) is 7.04. The number of methoxy groups -OCH3 is 1. The molecule has 2 rings (SSSR count). The first-order valence-corrected chi connectivity index (χ1v) is 5.04. The van der Waals surface area contributed by atoms with Crippen molar-refractivity contribution in [3.05, 3.63) is 42.4 Å². The molecule has 0 aliphatic rings. The van der Waals surface area contributed by atoms with Gasteiger partial charge in [0.15, 0.2) is 0 Å². The zero-order valence-electron chi connectivity index (χ0n) is 9.40. The van der Waals surface area contributed by atoms with Gasteiger partial charge in [-0.3, -0.25) is 0 Å². The van der Waals surface area contributed by atoms with Gasteiger partial charge in [-0.1, -0.05) is 0 Å². The Morgan fingerprint density at radius 1 is 1.06 bits per heavy atom. The number of rotatable bonds is 2. The Morgan fingerprint density at radius 3 is 2.28 bits per heavy atom. The van der Waals surface area contributed by atoms with Crippen LogP contribution in [-0.4, -0.2) is 17.1 Å². The molecule has 0 radical (unpaired) electrons. The van der Waals surface area contributed by atoms with E-state index in [4.69, 9.17) is 4.74 Å². The Labute approximate surface area is 101 Å². The first kappa shape index (κ1) is 12.3. The van der Waals surface area contributed by atoms with Crippen molar-refractivity contribution in [1.82, 2.24) is 9.97 Å². The van der Waals surface area contributed by atoms with Crippen LogP contribution in [0.2, 0.25) is 0 Å². The van der Waals surface area contributed by atoms with Gasteiger partial charge >= 0.3 is 6.18 Å². The quantitative estimate of drug-likeness (QED) is 0.825. The van der Waals surface area contributed by atoms with E-state index in [9.17, 15) is 13.2 Å². The smallest absolute Gasteiger partial charge is 0.433 e. The van der Waals surface area contributed by atoms with Crippen LogP contribution in [0.25, 0.3) is 11.3 Å². The SMILES string of the molecule is COc1ccc(-c2cc(C(F)(F)F)ncn2)cc1. The fourth-order valence-electron chi connectivity index (χ4n) is 1.43. The molecule has 0 atom stereocenters. The number of ether oxygens (including phenoxy) is 1. The van der Waals surface area contributed by atoms with Gasteiger partial charge in [0.05, 0.1) is 12.8 Å². The number of halogens is 3. The number of aromatic nitrogens is 2. The summed E-state index contributed by atoms with van der Waals surface area (Å²) in [5, 5.41) is 0. The van der Waals surface area contributed by atoms with Crippen LogP contribution in [0.3, 0.4) is 0 Å². The molecule has 0 spiro atoms. The molecule has 0 unspecified atom stereocenters. The van der Waals surface area contributed by atoms with E-state index in [-0.39, 0.29) is 5.69 Å². The molecule has 0 saturated carbocycles. The molecule has 1 aromatic carbocycles. The maximum absolute atomic E-state index is 12.5. The van der Waals surface area contributed by atoms with Crippen LogP contribution in [0.5, 0.6) is 5.75 Å². The maximum Gasteiger partial charge on any atom is 0.433 e. The molecule has 2 aromatic rings. The summed E-state index contributed by atoms with van der Waals surface area (Å²) in [7, 11) is 1.52. The van der Waals surface area contributed by atoms with E-state index in [1.165, 1.54) is 7.11 Å². The molecule has 3 nitrogen and oxygen atoms in total. The van der Waals surface area contributed by atoms with Crippen molar-refractivity contribution in [3.8, 4) is 17.0 Å². The van der Waals surface area contributed by atoms with Gasteiger partial charge in [-0.2, -0.15) is 13.2 Å². The van der Waals surface area contributed by atoms with Gasteiger partial charge in [0.1, 0.15) is 17.8 Å². The van der Waals surface area contributed by atoms with E-state index in [2.05, 4.69) is 9.97 Å². The summed E-state index contributed by atoms with van der Waals surface area (Å²) in [5.74, 6) is 0.629. The molecule has 0 N–H and O–H groups in total. The van der Waals surface area contributed by atoms with E-state index in [1.54, 1.807) is 24.3 Å². The molecule has 94 valence electrons. The van der Waals surface area contributed by atoms with E-state index < -0.39 is 11.9 Å². The zero-order valence-corrected chi connectivity index (χ0v) is 9.40. The number of nitrogens with zero attached hydrogens (tertiary/aromatic N) is 2. The molecule has 18 heavy (non-hydrogen) atoms. The first-order valence-electron chi connectivity index (χ1n) is 5.04. The van der Waals surface area contributed by atoms with Gasteiger partial charge < -0.3 is 4.74 Å². The van der Waals surface area contributed by atoms with E-state index >= 15 is 0 Å². The second-order valence-electron chi connectivity index (χ2n) is 3.51. The fraction of sp³-hybridized carbons (Fsp3) is 0.167. The molecular weight excluding hydrogens is 245 g/mol. The van der Waals surface area contributed by atoms with Crippen LogP contribution in [0.15, 0.2) is 36.7 Å². The molecular formula is C12H9F3N2O. The third-order valence-electron chi connectivity index (χ3n) is 2.34. The highest BCUT2D eigenvalue weighted by atomic mass is 19.4. The third kappa shape index (κ3) is 2.58. The topological polar surface area (TPSA) is 35.0 Å². The molecule has 0 saturated heterocycles. The number of benzene rings is 1. The molecule has 0 fully saturated rings. The predicted octanol–water partition coefficient (Wildman–Crippen LogP) is 3.17. The Morgan fingerprint density at radius 2 is 1.72 bits per heavy atom. The standard InChI is InChI=1S/C12H9F3N2O/c1-18-9-4-2-8(3-5-9)10-6-11(12(13,14)15)17-7-16-10/h2-7H,1H3. The van der Waals surface area contributed by atoms with Crippen molar-refractivity contribution < 1.29 is 17.9 Å². The van der Waals surface area contributed by atoms with Gasteiger partial charge in [-0.05, 0) is 30.3 Å². The lowest BCUT2D eigenvalue weighted by Crippen LogP contribution is -2.08. The molecule has 6 heteroatoms. The normalized spacial score (nSPS) is 11.3. The van der Waals surface area contributed by atoms with Crippen molar-refractivity contribution in [2.24, 2.45) is 0 Å². The minimum atomic E-state index is -4.47. The third-order valence-corrected chi connectivity index (χ3v) is 2.34. The predicted molar refractivity (Wildman–Crippen MR) is 59.0 cm³/mol. The Balaban J connectivity index is 2.38. The lowest BCUT2D eigenvalue weighted by Gasteiger charge is -2.07. The number of alkyl halides is 3. The van der Waals surface area contributed by atoms with Crippen LogP contribution in [0.1, 0.15) is 5.69 Å². The largest absolute Gasteiger partial charge is 0.497 e. The summed E-state index contributed by atoms with van der Waals surface area (Å²) in [6.07, 6.45) is -3.56. The Bertz CT molecular complexity index is 538. The maximum atomic E-state index is 12.5. The van der Waals surface area contributed by atoms with Crippen LogP contribution < -0.4 is 4.74 Å². The fourth-order valence-corrected chi connectivity index (χ4v) is 1.43. The van der Waals surface area contributed by atoms with Gasteiger partial charge in [-0.25, -0.2) is 9.97 Å². The molecule has 1 heterocycles. The highest BCUT2D eigenvalue weighted by molar-refractivity contribution is 5.60. The summed E-state index contributed by atoms with van der Waals surface area (Å²) in [5.41, 5.74) is -0.160. The van der Waals surface area contributed by atoms with Crippen molar-refractivity contribution in [3.63, 3.8) is 0 Å². The minimum absolute atomic E-state index is 0.222. The highest BCUT2D eigenvalue weighted by Crippen LogP contribution is 2.29. The summed E-state index contributed by atoms with van der Waals surface area (Å²) in [6.45, 7) is 0. The van der Waals surface area contributed by atoms with Gasteiger partial charge in [-0.15, -0.1) is 0 Å². The minimum Gasteiger partial charge on any atom is -0.497 e. The molecule has 0 amide bonds. The molecule has 1 aromatic heterocycles. The average molecular weight is 254 g/mol. The van der Waals surface area contributed by atoms with Crippen LogP contribution in [0.4, 0.5) is 13.2 Å². The van der Waals surface area contributed by atoms with Crippen LogP contribution >= 0.6 is 0 Å². The highest BCUT2D eigenvalue weighted by Gasteiger charge is 2.32. The van der Waals surface area contributed by atoms with Crippen LogP contribution in [-0.2, 0) is 6.18 Å². The van der Waals surface area contributed by atoms with Crippen molar-refractivity contribution in [2.45, 2.75) is 6.18 Å². The zero-order chi connectivity index (χ0) is 13.2. The number of hydrogen-bond donors (Lipinski definition) is 0. The lowest BCUT2D eigenvalue weighted by atomic mass is 10.1. The Kier molecular flexibility index (Phi) is 3.18. The van der Waals surface area contributed by atoms with Gasteiger partial charge in [0.2, 0.25) is 0 Å². The summed E-state index contributed by atoms with van der Waals surface area (Å²) >= 11 is 0. The average Bonchev–Trinajstić information content (AvgIpc) is 2.38. The Hall–Kier alpha value is -2.11. The van der Waals surface area contributed by atoms with Crippen LogP contribution in [0, 0.1) is 0 Å². The van der Waals surface area contributed by atoms with Gasteiger partial charge in [0.25, 0.3) is 0 Å². The summed E-state index contributed by atoms with van der Waals surface area (Å²) < 4.78 is 42.4. The van der Waals surface area contributed by atoms with Crippen molar-refractivity contribution >= 4 is 0 Å². The second kappa shape index (κ2) is 4.64. The van der Waals surface area contributed by atoms with E-state index in [0.717, 1.165) is 12.4 Å². The number of hydrogen-bond acceptors (Lipinski definition) is 3. The van der Waals surface area contributed by atoms with E-state index in [1.807, 2.05) is 0 Å². The first-order chi connectivity index (χ1) is 8.50. The monoisotopic (exact) mass is 254 g/mol. The molecule has 0 bridgehead atoms. The van der Waals surface area contributed by atoms with Crippen molar-refractivity contribution in [2.75, 3.05) is 7.11 Å². The van der Waals surface area contributed by atoms with E-state index in [0.29, 0.717) is 11.3 Å². The van der Waals surface area contributed by atoms with Gasteiger partial charge in [0, 0.05) is 5.56 Å².